The summed E-state index contributed by atoms with van der Waals surface area (Å²) in [6.07, 6.45) is 0. The number of rotatable bonds is 4. The molecular formula is C23H18ClN3O2S2. The number of methoxy groups -OCH3 is 1. The van der Waals surface area contributed by atoms with Crippen molar-refractivity contribution in [2.75, 3.05) is 12.4 Å². The number of para-hydroxylation sites is 1. The summed E-state index contributed by atoms with van der Waals surface area (Å²) >= 11 is 13.1. The number of aryl methyl sites for hydroxylation is 1. The highest BCUT2D eigenvalue weighted by molar-refractivity contribution is 7.80. The maximum atomic E-state index is 12.5. The highest BCUT2D eigenvalue weighted by Gasteiger charge is 2.12. The average molecular weight is 468 g/mol. The first kappa shape index (κ1) is 21.2. The molecule has 0 aliphatic carbocycles. The van der Waals surface area contributed by atoms with Crippen molar-refractivity contribution in [3.63, 3.8) is 0 Å². The number of amides is 1. The number of nitrogens with zero attached hydrogens (tertiary/aromatic N) is 1. The molecule has 0 fully saturated rings. The number of nitrogens with one attached hydrogen (secondary N) is 2. The molecule has 0 saturated carbocycles. The number of hydrogen-bond acceptors (Lipinski definition) is 5. The van der Waals surface area contributed by atoms with Crippen LogP contribution in [0, 0.1) is 6.92 Å². The second-order valence-corrected chi connectivity index (χ2v) is 8.62. The van der Waals surface area contributed by atoms with Crippen LogP contribution in [0.4, 0.5) is 5.69 Å². The number of carbonyl (C=O) groups excluding carboxylic acids is 1. The molecule has 1 amide bonds. The molecule has 0 aliphatic heterocycles. The van der Waals surface area contributed by atoms with E-state index in [1.165, 1.54) is 13.2 Å². The number of thiocarbonyl (C=S) groups is 1. The Labute approximate surface area is 194 Å². The smallest absolute Gasteiger partial charge is 0.257 e. The van der Waals surface area contributed by atoms with E-state index in [1.54, 1.807) is 23.5 Å². The summed E-state index contributed by atoms with van der Waals surface area (Å²) in [5.41, 5.74) is 4.21. The predicted octanol–water partition coefficient (Wildman–Crippen LogP) is 6.06. The summed E-state index contributed by atoms with van der Waals surface area (Å²) in [6, 6.07) is 18.8. The number of hydrogen-bond donors (Lipinski definition) is 2. The fraction of sp³-hybridized carbons (Fsp3) is 0.0870. The van der Waals surface area contributed by atoms with Crippen LogP contribution in [-0.2, 0) is 0 Å². The van der Waals surface area contributed by atoms with Gasteiger partial charge < -0.3 is 10.1 Å². The van der Waals surface area contributed by atoms with Gasteiger partial charge in [-0.1, -0.05) is 23.7 Å². The van der Waals surface area contributed by atoms with E-state index in [9.17, 15) is 4.79 Å². The summed E-state index contributed by atoms with van der Waals surface area (Å²) in [7, 11) is 1.52. The lowest BCUT2D eigenvalue weighted by atomic mass is 10.1. The lowest BCUT2D eigenvalue weighted by molar-refractivity contribution is 0.0977. The van der Waals surface area contributed by atoms with E-state index in [0.717, 1.165) is 32.0 Å². The van der Waals surface area contributed by atoms with Crippen LogP contribution in [0.25, 0.3) is 20.8 Å². The molecule has 0 spiro atoms. The maximum Gasteiger partial charge on any atom is 0.257 e. The van der Waals surface area contributed by atoms with Crippen molar-refractivity contribution < 1.29 is 9.53 Å². The minimum atomic E-state index is -0.356. The van der Waals surface area contributed by atoms with Gasteiger partial charge in [0.05, 0.1) is 22.3 Å². The molecule has 0 radical (unpaired) electrons. The SMILES string of the molecule is COc1ccc(C(=O)NC(=S)Nc2ccc(-c3nc4ccccc4s3)cc2C)cc1Cl. The quantitative estimate of drug-likeness (QED) is 0.357. The lowest BCUT2D eigenvalue weighted by Gasteiger charge is -2.13. The van der Waals surface area contributed by atoms with Crippen LogP contribution in [0.1, 0.15) is 15.9 Å². The molecule has 31 heavy (non-hydrogen) atoms. The number of thiazole rings is 1. The van der Waals surface area contributed by atoms with Gasteiger partial charge in [-0.3, -0.25) is 10.1 Å². The van der Waals surface area contributed by atoms with Crippen LogP contribution >= 0.6 is 35.2 Å². The molecule has 8 heteroatoms. The lowest BCUT2D eigenvalue weighted by Crippen LogP contribution is -2.34. The molecule has 0 atom stereocenters. The van der Waals surface area contributed by atoms with Crippen molar-refractivity contribution in [3.05, 3.63) is 76.8 Å². The van der Waals surface area contributed by atoms with Crippen molar-refractivity contribution in [3.8, 4) is 16.3 Å². The summed E-state index contributed by atoms with van der Waals surface area (Å²) in [5, 5.41) is 7.27. The molecule has 4 aromatic rings. The highest BCUT2D eigenvalue weighted by Crippen LogP contribution is 2.32. The average Bonchev–Trinajstić information content (AvgIpc) is 3.19. The standard InChI is InChI=1S/C23H18ClN3O2S2/c1-13-11-15(22-25-18-5-3-4-6-20(18)31-22)7-9-17(13)26-23(30)27-21(28)14-8-10-19(29-2)16(24)12-14/h3-12H,1-2H3,(H2,26,27,28,30). The van der Waals surface area contributed by atoms with Gasteiger partial charge in [0.15, 0.2) is 5.11 Å². The minimum Gasteiger partial charge on any atom is -0.495 e. The van der Waals surface area contributed by atoms with Gasteiger partial charge in [-0.15, -0.1) is 11.3 Å². The molecule has 2 N–H and O–H groups in total. The van der Waals surface area contributed by atoms with E-state index >= 15 is 0 Å². The molecule has 1 aromatic heterocycles. The Hall–Kier alpha value is -3.00. The second kappa shape index (κ2) is 9.01. The van der Waals surface area contributed by atoms with Gasteiger partial charge in [0.1, 0.15) is 10.8 Å². The van der Waals surface area contributed by atoms with Crippen molar-refractivity contribution in [1.29, 1.82) is 0 Å². The van der Waals surface area contributed by atoms with E-state index in [2.05, 4.69) is 16.7 Å². The van der Waals surface area contributed by atoms with Crippen LogP contribution in [-0.4, -0.2) is 23.1 Å². The molecule has 3 aromatic carbocycles. The number of benzene rings is 3. The highest BCUT2D eigenvalue weighted by atomic mass is 35.5. The van der Waals surface area contributed by atoms with Gasteiger partial charge in [0, 0.05) is 16.8 Å². The van der Waals surface area contributed by atoms with Crippen LogP contribution in [0.2, 0.25) is 5.02 Å². The monoisotopic (exact) mass is 467 g/mol. The van der Waals surface area contributed by atoms with Gasteiger partial charge in [-0.25, -0.2) is 4.98 Å². The predicted molar refractivity (Wildman–Crippen MR) is 131 cm³/mol. The van der Waals surface area contributed by atoms with Crippen molar-refractivity contribution >= 4 is 62.1 Å². The molecule has 0 unspecified atom stereocenters. The van der Waals surface area contributed by atoms with Crippen molar-refractivity contribution in [2.24, 2.45) is 0 Å². The molecule has 4 rings (SSSR count). The largest absolute Gasteiger partial charge is 0.495 e. The van der Waals surface area contributed by atoms with E-state index in [-0.39, 0.29) is 11.0 Å². The fourth-order valence-electron chi connectivity index (χ4n) is 3.07. The van der Waals surface area contributed by atoms with E-state index in [4.69, 9.17) is 33.5 Å². The number of aromatic nitrogens is 1. The molecule has 0 aliphatic rings. The Morgan fingerprint density at radius 3 is 2.65 bits per heavy atom. The van der Waals surface area contributed by atoms with Crippen LogP contribution in [0.3, 0.4) is 0 Å². The topological polar surface area (TPSA) is 63.2 Å². The molecule has 0 bridgehead atoms. The summed E-state index contributed by atoms with van der Waals surface area (Å²) in [4.78, 5) is 17.2. The first-order valence-electron chi connectivity index (χ1n) is 9.37. The van der Waals surface area contributed by atoms with E-state index in [1.807, 2.05) is 43.3 Å². The number of ether oxygens (including phenoxy) is 1. The van der Waals surface area contributed by atoms with E-state index < -0.39 is 0 Å². The zero-order chi connectivity index (χ0) is 22.0. The first-order valence-corrected chi connectivity index (χ1v) is 11.0. The Morgan fingerprint density at radius 1 is 1.13 bits per heavy atom. The third-order valence-electron chi connectivity index (χ3n) is 4.66. The summed E-state index contributed by atoms with van der Waals surface area (Å²) < 4.78 is 6.26. The zero-order valence-electron chi connectivity index (χ0n) is 16.7. The zero-order valence-corrected chi connectivity index (χ0v) is 19.1. The first-order chi connectivity index (χ1) is 14.9. The summed E-state index contributed by atoms with van der Waals surface area (Å²) in [5.74, 6) is 0.147. The Kier molecular flexibility index (Phi) is 6.18. The molecule has 0 saturated heterocycles. The fourth-order valence-corrected chi connectivity index (χ4v) is 4.49. The van der Waals surface area contributed by atoms with Gasteiger partial charge in [-0.2, -0.15) is 0 Å². The Bertz CT molecular complexity index is 1270. The number of halogens is 1. The van der Waals surface area contributed by atoms with Gasteiger partial charge in [0.2, 0.25) is 0 Å². The van der Waals surface area contributed by atoms with Crippen LogP contribution < -0.4 is 15.4 Å². The molecule has 5 nitrogen and oxygen atoms in total. The third-order valence-corrected chi connectivity index (χ3v) is 6.24. The Balaban J connectivity index is 1.45. The second-order valence-electron chi connectivity index (χ2n) is 6.77. The van der Waals surface area contributed by atoms with Crippen molar-refractivity contribution in [2.45, 2.75) is 6.92 Å². The number of anilines is 1. The van der Waals surface area contributed by atoms with E-state index in [0.29, 0.717) is 16.3 Å². The van der Waals surface area contributed by atoms with Crippen LogP contribution in [0.15, 0.2) is 60.7 Å². The minimum absolute atomic E-state index is 0.202. The van der Waals surface area contributed by atoms with Crippen molar-refractivity contribution in [1.82, 2.24) is 10.3 Å². The third kappa shape index (κ3) is 4.69. The maximum absolute atomic E-state index is 12.5. The number of fused-ring (bicyclic) bond motifs is 1. The molecule has 156 valence electrons. The number of carbonyl (C=O) groups is 1. The molecule has 1 heterocycles. The Morgan fingerprint density at radius 2 is 1.94 bits per heavy atom. The normalized spacial score (nSPS) is 10.7. The van der Waals surface area contributed by atoms with Gasteiger partial charge in [0.25, 0.3) is 5.91 Å². The van der Waals surface area contributed by atoms with Gasteiger partial charge in [-0.05, 0) is 73.2 Å². The van der Waals surface area contributed by atoms with Gasteiger partial charge >= 0.3 is 0 Å². The summed E-state index contributed by atoms with van der Waals surface area (Å²) in [6.45, 7) is 1.98. The van der Waals surface area contributed by atoms with Crippen LogP contribution in [0.5, 0.6) is 5.75 Å². The molecular weight excluding hydrogens is 450 g/mol.